The molecule has 1 atom stereocenters. The summed E-state index contributed by atoms with van der Waals surface area (Å²) >= 11 is 3.44. The molecular weight excluding hydrogens is 309 g/mol. The number of hydrogen-bond acceptors (Lipinski definition) is 2. The van der Waals surface area contributed by atoms with Crippen molar-refractivity contribution in [3.63, 3.8) is 0 Å². The molecule has 1 saturated carbocycles. The van der Waals surface area contributed by atoms with Crippen molar-refractivity contribution >= 4 is 15.9 Å². The predicted octanol–water partition coefficient (Wildman–Crippen LogP) is 3.67. The highest BCUT2D eigenvalue weighted by molar-refractivity contribution is 9.10. The van der Waals surface area contributed by atoms with E-state index in [1.807, 2.05) is 0 Å². The van der Waals surface area contributed by atoms with Crippen LogP contribution in [0.5, 0.6) is 5.75 Å². The number of ether oxygens (including phenoxy) is 1. The number of rotatable bonds is 4. The molecule has 3 rings (SSSR count). The summed E-state index contributed by atoms with van der Waals surface area (Å²) in [5.41, 5.74) is 1.01. The van der Waals surface area contributed by atoms with Gasteiger partial charge in [-0.3, -0.25) is 0 Å². The van der Waals surface area contributed by atoms with Gasteiger partial charge in [0.2, 0.25) is 0 Å². The predicted molar refractivity (Wildman–Crippen MR) is 77.0 cm³/mol. The van der Waals surface area contributed by atoms with Gasteiger partial charge in [0.05, 0.1) is 10.6 Å². The molecule has 2 fully saturated rings. The average Bonchev–Trinajstić information content (AvgIpc) is 3.19. The number of piperidine rings is 1. The summed E-state index contributed by atoms with van der Waals surface area (Å²) < 4.78 is 20.3. The molecular formula is C15H19BrFNO. The Kier molecular flexibility index (Phi) is 4.08. The van der Waals surface area contributed by atoms with E-state index in [-0.39, 0.29) is 5.82 Å². The fourth-order valence-corrected chi connectivity index (χ4v) is 3.23. The first-order chi connectivity index (χ1) is 9.22. The van der Waals surface area contributed by atoms with Gasteiger partial charge < -0.3 is 10.1 Å². The van der Waals surface area contributed by atoms with E-state index in [0.29, 0.717) is 12.0 Å². The maximum Gasteiger partial charge on any atom is 0.137 e. The summed E-state index contributed by atoms with van der Waals surface area (Å²) in [6.07, 6.45) is 5.89. The summed E-state index contributed by atoms with van der Waals surface area (Å²) in [6, 6.07) is 3.14. The van der Waals surface area contributed by atoms with Crippen molar-refractivity contribution in [1.29, 1.82) is 0 Å². The maximum absolute atomic E-state index is 13.6. The lowest BCUT2D eigenvalue weighted by Crippen LogP contribution is -2.31. The van der Waals surface area contributed by atoms with E-state index in [0.717, 1.165) is 48.1 Å². The highest BCUT2D eigenvalue weighted by Gasteiger charge is 2.27. The van der Waals surface area contributed by atoms with Crippen LogP contribution >= 0.6 is 15.9 Å². The van der Waals surface area contributed by atoms with Crippen LogP contribution in [-0.4, -0.2) is 19.2 Å². The summed E-state index contributed by atoms with van der Waals surface area (Å²) in [6.45, 7) is 2.13. The van der Waals surface area contributed by atoms with Gasteiger partial charge in [-0.15, -0.1) is 0 Å². The molecule has 1 saturated heterocycles. The zero-order chi connectivity index (χ0) is 13.2. The first kappa shape index (κ1) is 13.4. The Morgan fingerprint density at radius 3 is 2.84 bits per heavy atom. The molecule has 104 valence electrons. The second-order valence-electron chi connectivity index (χ2n) is 5.61. The van der Waals surface area contributed by atoms with Gasteiger partial charge >= 0.3 is 0 Å². The standard InChI is InChI=1S/C15H19BrFNO/c16-14-8-12(17)7-11(15(14)19-13-3-4-13)6-10-2-1-5-18-9-10/h7-8,10,13,18H,1-6,9H2. The van der Waals surface area contributed by atoms with Crippen molar-refractivity contribution in [2.75, 3.05) is 13.1 Å². The van der Waals surface area contributed by atoms with Gasteiger partial charge in [0.25, 0.3) is 0 Å². The van der Waals surface area contributed by atoms with Gasteiger partial charge in [-0.2, -0.15) is 0 Å². The van der Waals surface area contributed by atoms with Crippen LogP contribution in [0, 0.1) is 11.7 Å². The number of benzene rings is 1. The van der Waals surface area contributed by atoms with Gasteiger partial charge in [0.1, 0.15) is 11.6 Å². The van der Waals surface area contributed by atoms with Crippen LogP contribution in [0.1, 0.15) is 31.2 Å². The van der Waals surface area contributed by atoms with Crippen molar-refractivity contribution in [2.45, 2.75) is 38.2 Å². The topological polar surface area (TPSA) is 21.3 Å². The second-order valence-corrected chi connectivity index (χ2v) is 6.46. The normalized spacial score (nSPS) is 23.4. The molecule has 4 heteroatoms. The Bertz CT molecular complexity index is 456. The number of nitrogens with one attached hydrogen (secondary N) is 1. The van der Waals surface area contributed by atoms with Gasteiger partial charge in [-0.1, -0.05) is 0 Å². The van der Waals surface area contributed by atoms with Gasteiger partial charge in [0.15, 0.2) is 0 Å². The Balaban J connectivity index is 1.80. The third-order valence-electron chi connectivity index (χ3n) is 3.80. The van der Waals surface area contributed by atoms with E-state index in [9.17, 15) is 4.39 Å². The van der Waals surface area contributed by atoms with Crippen molar-refractivity contribution in [3.05, 3.63) is 28.0 Å². The minimum absolute atomic E-state index is 0.186. The van der Waals surface area contributed by atoms with Crippen molar-refractivity contribution < 1.29 is 9.13 Å². The molecule has 1 aromatic carbocycles. The molecule has 0 amide bonds. The molecule has 1 N–H and O–H groups in total. The van der Waals surface area contributed by atoms with Crippen LogP contribution in [0.2, 0.25) is 0 Å². The molecule has 2 aliphatic rings. The fourth-order valence-electron chi connectivity index (χ4n) is 2.66. The van der Waals surface area contributed by atoms with E-state index >= 15 is 0 Å². The van der Waals surface area contributed by atoms with Crippen LogP contribution in [0.15, 0.2) is 16.6 Å². The summed E-state index contributed by atoms with van der Waals surface area (Å²) in [5.74, 6) is 1.26. The quantitative estimate of drug-likeness (QED) is 0.911. The lowest BCUT2D eigenvalue weighted by atomic mass is 9.92. The second kappa shape index (κ2) is 5.80. The van der Waals surface area contributed by atoms with Gasteiger partial charge in [-0.05, 0) is 84.7 Å². The molecule has 1 unspecified atom stereocenters. The molecule has 1 heterocycles. The van der Waals surface area contributed by atoms with E-state index < -0.39 is 0 Å². The fraction of sp³-hybridized carbons (Fsp3) is 0.600. The Labute approximate surface area is 121 Å². The maximum atomic E-state index is 13.6. The summed E-state index contributed by atoms with van der Waals surface area (Å²) in [5, 5.41) is 3.41. The number of hydrogen-bond donors (Lipinski definition) is 1. The van der Waals surface area contributed by atoms with E-state index in [1.54, 1.807) is 6.07 Å². The monoisotopic (exact) mass is 327 g/mol. The Hall–Kier alpha value is -0.610. The van der Waals surface area contributed by atoms with Crippen molar-refractivity contribution in [2.24, 2.45) is 5.92 Å². The van der Waals surface area contributed by atoms with Crippen LogP contribution in [0.25, 0.3) is 0 Å². The van der Waals surface area contributed by atoms with Gasteiger partial charge in [0, 0.05) is 0 Å². The first-order valence-corrected chi connectivity index (χ1v) is 7.87. The van der Waals surface area contributed by atoms with E-state index in [1.165, 1.54) is 18.9 Å². The molecule has 1 aromatic rings. The summed E-state index contributed by atoms with van der Waals surface area (Å²) in [4.78, 5) is 0. The third-order valence-corrected chi connectivity index (χ3v) is 4.39. The lowest BCUT2D eigenvalue weighted by Gasteiger charge is -2.24. The minimum atomic E-state index is -0.186. The van der Waals surface area contributed by atoms with Crippen LogP contribution < -0.4 is 10.1 Å². The Morgan fingerprint density at radius 2 is 2.16 bits per heavy atom. The highest BCUT2D eigenvalue weighted by Crippen LogP contribution is 2.37. The van der Waals surface area contributed by atoms with Crippen LogP contribution in [0.4, 0.5) is 4.39 Å². The molecule has 0 radical (unpaired) electrons. The molecule has 19 heavy (non-hydrogen) atoms. The van der Waals surface area contributed by atoms with Crippen LogP contribution in [-0.2, 0) is 6.42 Å². The zero-order valence-corrected chi connectivity index (χ0v) is 12.5. The minimum Gasteiger partial charge on any atom is -0.489 e. The molecule has 0 aromatic heterocycles. The van der Waals surface area contributed by atoms with Crippen LogP contribution in [0.3, 0.4) is 0 Å². The average molecular weight is 328 g/mol. The largest absolute Gasteiger partial charge is 0.489 e. The Morgan fingerprint density at radius 1 is 1.32 bits per heavy atom. The smallest absolute Gasteiger partial charge is 0.137 e. The molecule has 0 bridgehead atoms. The molecule has 2 nitrogen and oxygen atoms in total. The first-order valence-electron chi connectivity index (χ1n) is 7.07. The molecule has 1 aliphatic heterocycles. The third kappa shape index (κ3) is 3.48. The lowest BCUT2D eigenvalue weighted by molar-refractivity contribution is 0.292. The van der Waals surface area contributed by atoms with E-state index in [2.05, 4.69) is 21.2 Å². The zero-order valence-electron chi connectivity index (χ0n) is 10.9. The SMILES string of the molecule is Fc1cc(Br)c(OC2CC2)c(CC2CCCNC2)c1. The molecule has 0 spiro atoms. The van der Waals surface area contributed by atoms with Crippen molar-refractivity contribution in [3.8, 4) is 5.75 Å². The molecule has 1 aliphatic carbocycles. The van der Waals surface area contributed by atoms with Gasteiger partial charge in [-0.25, -0.2) is 4.39 Å². The number of halogens is 2. The van der Waals surface area contributed by atoms with E-state index in [4.69, 9.17) is 4.74 Å². The highest BCUT2D eigenvalue weighted by atomic mass is 79.9. The van der Waals surface area contributed by atoms with Crippen molar-refractivity contribution in [1.82, 2.24) is 5.32 Å². The summed E-state index contributed by atoms with van der Waals surface area (Å²) in [7, 11) is 0.